The van der Waals surface area contributed by atoms with E-state index in [0.717, 1.165) is 13.1 Å². The Morgan fingerprint density at radius 3 is 2.38 bits per heavy atom. The smallest absolute Gasteiger partial charge is 0.326 e. The van der Waals surface area contributed by atoms with Crippen molar-refractivity contribution < 1.29 is 9.53 Å². The van der Waals surface area contributed by atoms with Crippen LogP contribution in [0, 0.1) is 5.92 Å². The fourth-order valence-electron chi connectivity index (χ4n) is 1.33. The minimum atomic E-state index is -0.591. The Morgan fingerprint density at radius 2 is 2.00 bits per heavy atom. The van der Waals surface area contributed by atoms with E-state index in [0.29, 0.717) is 6.61 Å². The SMILES string of the molecule is CCOC(=O)C(C)(NCCN(C)C)C(C)C. The first-order valence-electron chi connectivity index (χ1n) is 5.91. The van der Waals surface area contributed by atoms with E-state index in [-0.39, 0.29) is 11.9 Å². The Morgan fingerprint density at radius 1 is 1.44 bits per heavy atom. The number of likely N-dealkylation sites (N-methyl/N-ethyl adjacent to an activating group) is 1. The van der Waals surface area contributed by atoms with Crippen LogP contribution in [0.2, 0.25) is 0 Å². The van der Waals surface area contributed by atoms with Crippen molar-refractivity contribution >= 4 is 5.97 Å². The molecule has 4 heteroatoms. The van der Waals surface area contributed by atoms with E-state index in [9.17, 15) is 4.79 Å². The first-order valence-corrected chi connectivity index (χ1v) is 5.91. The van der Waals surface area contributed by atoms with E-state index >= 15 is 0 Å². The monoisotopic (exact) mass is 230 g/mol. The van der Waals surface area contributed by atoms with Crippen LogP contribution < -0.4 is 5.32 Å². The molecule has 0 rings (SSSR count). The zero-order valence-electron chi connectivity index (χ0n) is 11.5. The summed E-state index contributed by atoms with van der Waals surface area (Å²) in [6, 6.07) is 0. The van der Waals surface area contributed by atoms with Gasteiger partial charge in [0.25, 0.3) is 0 Å². The van der Waals surface area contributed by atoms with Gasteiger partial charge < -0.3 is 15.0 Å². The normalized spacial score (nSPS) is 15.2. The lowest BCUT2D eigenvalue weighted by atomic mass is 9.88. The number of carbonyl (C=O) groups excluding carboxylic acids is 1. The highest BCUT2D eigenvalue weighted by atomic mass is 16.5. The Kier molecular flexibility index (Phi) is 6.60. The molecule has 0 spiro atoms. The number of hydrogen-bond acceptors (Lipinski definition) is 4. The summed E-state index contributed by atoms with van der Waals surface area (Å²) in [5.41, 5.74) is -0.591. The maximum atomic E-state index is 11.9. The maximum absolute atomic E-state index is 11.9. The highest BCUT2D eigenvalue weighted by Crippen LogP contribution is 2.18. The van der Waals surface area contributed by atoms with Gasteiger partial charge in [-0.05, 0) is 33.9 Å². The predicted molar refractivity (Wildman–Crippen MR) is 66.4 cm³/mol. The second-order valence-electron chi connectivity index (χ2n) is 4.81. The summed E-state index contributed by atoms with van der Waals surface area (Å²) >= 11 is 0. The zero-order chi connectivity index (χ0) is 12.8. The quantitative estimate of drug-likeness (QED) is 0.665. The Hall–Kier alpha value is -0.610. The van der Waals surface area contributed by atoms with Crippen LogP contribution in [0.25, 0.3) is 0 Å². The maximum Gasteiger partial charge on any atom is 0.326 e. The molecule has 0 saturated heterocycles. The summed E-state index contributed by atoms with van der Waals surface area (Å²) in [6.07, 6.45) is 0. The molecule has 1 N–H and O–H groups in total. The molecule has 0 amide bonds. The van der Waals surface area contributed by atoms with Crippen LogP contribution in [-0.4, -0.2) is 50.2 Å². The first kappa shape index (κ1) is 15.4. The second kappa shape index (κ2) is 6.86. The van der Waals surface area contributed by atoms with Crippen molar-refractivity contribution in [3.8, 4) is 0 Å². The third-order valence-corrected chi connectivity index (χ3v) is 2.91. The molecule has 0 bridgehead atoms. The molecular formula is C12H26N2O2. The standard InChI is InChI=1S/C12H26N2O2/c1-7-16-11(15)12(4,10(2)3)13-8-9-14(5)6/h10,13H,7-9H2,1-6H3. The molecule has 0 saturated carbocycles. The second-order valence-corrected chi connectivity index (χ2v) is 4.81. The number of esters is 1. The number of nitrogens with one attached hydrogen (secondary N) is 1. The largest absolute Gasteiger partial charge is 0.465 e. The van der Waals surface area contributed by atoms with Gasteiger partial charge in [-0.15, -0.1) is 0 Å². The average Bonchev–Trinajstić information content (AvgIpc) is 2.16. The van der Waals surface area contributed by atoms with Crippen molar-refractivity contribution in [3.05, 3.63) is 0 Å². The molecule has 0 aliphatic heterocycles. The van der Waals surface area contributed by atoms with Crippen molar-refractivity contribution in [2.45, 2.75) is 33.2 Å². The molecule has 0 fully saturated rings. The zero-order valence-corrected chi connectivity index (χ0v) is 11.5. The summed E-state index contributed by atoms with van der Waals surface area (Å²) in [5, 5.41) is 3.30. The lowest BCUT2D eigenvalue weighted by Crippen LogP contribution is -2.55. The molecule has 0 aromatic carbocycles. The highest BCUT2D eigenvalue weighted by Gasteiger charge is 2.37. The number of hydrogen-bond donors (Lipinski definition) is 1. The molecule has 1 unspecified atom stereocenters. The fourth-order valence-corrected chi connectivity index (χ4v) is 1.33. The van der Waals surface area contributed by atoms with E-state index in [4.69, 9.17) is 4.74 Å². The van der Waals surface area contributed by atoms with Gasteiger partial charge in [0.2, 0.25) is 0 Å². The Bertz CT molecular complexity index is 217. The van der Waals surface area contributed by atoms with Crippen LogP contribution in [0.1, 0.15) is 27.7 Å². The summed E-state index contributed by atoms with van der Waals surface area (Å²) in [4.78, 5) is 14.0. The minimum Gasteiger partial charge on any atom is -0.465 e. The van der Waals surface area contributed by atoms with Crippen LogP contribution >= 0.6 is 0 Å². The first-order chi connectivity index (χ1) is 7.34. The average molecular weight is 230 g/mol. The van der Waals surface area contributed by atoms with E-state index in [2.05, 4.69) is 10.2 Å². The van der Waals surface area contributed by atoms with Crippen LogP contribution in [0.4, 0.5) is 0 Å². The van der Waals surface area contributed by atoms with Gasteiger partial charge in [-0.1, -0.05) is 13.8 Å². The van der Waals surface area contributed by atoms with Crippen molar-refractivity contribution in [2.75, 3.05) is 33.8 Å². The lowest BCUT2D eigenvalue weighted by Gasteiger charge is -2.32. The summed E-state index contributed by atoms with van der Waals surface area (Å²) < 4.78 is 5.11. The summed E-state index contributed by atoms with van der Waals surface area (Å²) in [5.74, 6) is 0.0393. The van der Waals surface area contributed by atoms with Gasteiger partial charge in [0.15, 0.2) is 0 Å². The molecule has 0 aliphatic carbocycles. The summed E-state index contributed by atoms with van der Waals surface area (Å²) in [6.45, 7) is 9.90. The van der Waals surface area contributed by atoms with Crippen molar-refractivity contribution in [3.63, 3.8) is 0 Å². The van der Waals surface area contributed by atoms with E-state index in [1.807, 2.05) is 41.8 Å². The van der Waals surface area contributed by atoms with Crippen molar-refractivity contribution in [2.24, 2.45) is 5.92 Å². The topological polar surface area (TPSA) is 41.6 Å². The molecule has 16 heavy (non-hydrogen) atoms. The van der Waals surface area contributed by atoms with Crippen LogP contribution in [0.5, 0.6) is 0 Å². The Balaban J connectivity index is 4.39. The molecule has 0 radical (unpaired) electrons. The molecule has 0 aliphatic rings. The minimum absolute atomic E-state index is 0.163. The number of ether oxygens (including phenoxy) is 1. The Labute approximate surface area is 99.3 Å². The van der Waals surface area contributed by atoms with Gasteiger partial charge in [0, 0.05) is 13.1 Å². The van der Waals surface area contributed by atoms with Crippen molar-refractivity contribution in [1.82, 2.24) is 10.2 Å². The van der Waals surface area contributed by atoms with Gasteiger partial charge in [-0.25, -0.2) is 0 Å². The lowest BCUT2D eigenvalue weighted by molar-refractivity contribution is -0.152. The molecule has 0 aromatic heterocycles. The third kappa shape index (κ3) is 4.49. The molecule has 1 atom stereocenters. The van der Waals surface area contributed by atoms with Crippen LogP contribution in [-0.2, 0) is 9.53 Å². The number of carbonyl (C=O) groups is 1. The van der Waals surface area contributed by atoms with Gasteiger partial charge >= 0.3 is 5.97 Å². The molecular weight excluding hydrogens is 204 g/mol. The van der Waals surface area contributed by atoms with Crippen molar-refractivity contribution in [1.29, 1.82) is 0 Å². The van der Waals surface area contributed by atoms with Gasteiger partial charge in [-0.3, -0.25) is 4.79 Å². The van der Waals surface area contributed by atoms with E-state index < -0.39 is 5.54 Å². The third-order valence-electron chi connectivity index (χ3n) is 2.91. The predicted octanol–water partition coefficient (Wildman–Crippen LogP) is 1.12. The van der Waals surface area contributed by atoms with Gasteiger partial charge in [-0.2, -0.15) is 0 Å². The number of rotatable bonds is 7. The fraction of sp³-hybridized carbons (Fsp3) is 0.917. The van der Waals surface area contributed by atoms with E-state index in [1.165, 1.54) is 0 Å². The number of nitrogens with zero attached hydrogens (tertiary/aromatic N) is 1. The molecule has 4 nitrogen and oxygen atoms in total. The molecule has 0 heterocycles. The molecule has 0 aromatic rings. The van der Waals surface area contributed by atoms with Crippen LogP contribution in [0.15, 0.2) is 0 Å². The van der Waals surface area contributed by atoms with Gasteiger partial charge in [0.1, 0.15) is 5.54 Å². The van der Waals surface area contributed by atoms with Crippen LogP contribution in [0.3, 0.4) is 0 Å². The summed E-state index contributed by atoms with van der Waals surface area (Å²) in [7, 11) is 4.03. The van der Waals surface area contributed by atoms with Gasteiger partial charge in [0.05, 0.1) is 6.61 Å². The van der Waals surface area contributed by atoms with E-state index in [1.54, 1.807) is 0 Å². The highest BCUT2D eigenvalue weighted by molar-refractivity contribution is 5.80. The molecule has 96 valence electrons.